The van der Waals surface area contributed by atoms with Crippen molar-refractivity contribution >= 4 is 15.7 Å². The first kappa shape index (κ1) is 14.9. The largest absolute Gasteiger partial charge is 0.276 e. The molecule has 8 heteroatoms. The summed E-state index contributed by atoms with van der Waals surface area (Å²) in [6.45, 7) is 1.35. The van der Waals surface area contributed by atoms with Crippen LogP contribution in [0.3, 0.4) is 0 Å². The zero-order valence-corrected chi connectivity index (χ0v) is 11.6. The lowest BCUT2D eigenvalue weighted by atomic mass is 10.2. The van der Waals surface area contributed by atoms with E-state index < -0.39 is 32.2 Å². The average molecular weight is 309 g/mol. The van der Waals surface area contributed by atoms with Gasteiger partial charge in [0.25, 0.3) is 10.0 Å². The standard InChI is InChI=1S/C13H9F2N3O2S/c1-8-5-10(15)11(6-9(8)14)18-21(19,20)13-3-2-4-17-12(13)7-16/h2-6,18H,1H3. The van der Waals surface area contributed by atoms with Crippen LogP contribution in [-0.2, 0) is 10.0 Å². The SMILES string of the molecule is Cc1cc(F)c(NS(=O)(=O)c2cccnc2C#N)cc1F. The van der Waals surface area contributed by atoms with Crippen molar-refractivity contribution in [3.63, 3.8) is 0 Å². The molecule has 0 atom stereocenters. The lowest BCUT2D eigenvalue weighted by Crippen LogP contribution is -2.16. The van der Waals surface area contributed by atoms with E-state index in [2.05, 4.69) is 4.98 Å². The molecule has 0 spiro atoms. The van der Waals surface area contributed by atoms with Gasteiger partial charge in [0.1, 0.15) is 22.6 Å². The van der Waals surface area contributed by atoms with E-state index >= 15 is 0 Å². The maximum absolute atomic E-state index is 13.7. The van der Waals surface area contributed by atoms with Gasteiger partial charge in [-0.25, -0.2) is 22.2 Å². The van der Waals surface area contributed by atoms with Crippen molar-refractivity contribution in [1.29, 1.82) is 5.26 Å². The van der Waals surface area contributed by atoms with Crippen molar-refractivity contribution in [2.75, 3.05) is 4.72 Å². The van der Waals surface area contributed by atoms with E-state index in [0.29, 0.717) is 0 Å². The van der Waals surface area contributed by atoms with Crippen molar-refractivity contribution in [2.24, 2.45) is 0 Å². The summed E-state index contributed by atoms with van der Waals surface area (Å²) in [6, 6.07) is 5.71. The lowest BCUT2D eigenvalue weighted by Gasteiger charge is -2.10. The van der Waals surface area contributed by atoms with Crippen molar-refractivity contribution in [2.45, 2.75) is 11.8 Å². The molecule has 0 fully saturated rings. The van der Waals surface area contributed by atoms with Gasteiger partial charge in [-0.05, 0) is 30.7 Å². The van der Waals surface area contributed by atoms with E-state index in [1.165, 1.54) is 19.2 Å². The molecule has 2 aromatic rings. The number of halogens is 2. The lowest BCUT2D eigenvalue weighted by molar-refractivity contribution is 0.590. The molecule has 0 saturated carbocycles. The Labute approximate surface area is 119 Å². The summed E-state index contributed by atoms with van der Waals surface area (Å²) < 4.78 is 53.3. The highest BCUT2D eigenvalue weighted by atomic mass is 32.2. The molecule has 0 amide bonds. The molecule has 1 N–H and O–H groups in total. The van der Waals surface area contributed by atoms with Crippen molar-refractivity contribution in [1.82, 2.24) is 4.98 Å². The molecule has 0 saturated heterocycles. The Kier molecular flexibility index (Phi) is 3.86. The Morgan fingerprint density at radius 3 is 2.67 bits per heavy atom. The Balaban J connectivity index is 2.48. The van der Waals surface area contributed by atoms with E-state index in [4.69, 9.17) is 5.26 Å². The van der Waals surface area contributed by atoms with Gasteiger partial charge in [0, 0.05) is 12.3 Å². The fraction of sp³-hybridized carbons (Fsp3) is 0.0769. The van der Waals surface area contributed by atoms with Crippen molar-refractivity contribution in [3.8, 4) is 6.07 Å². The van der Waals surface area contributed by atoms with Gasteiger partial charge >= 0.3 is 0 Å². The second kappa shape index (κ2) is 5.46. The number of sulfonamides is 1. The second-order valence-electron chi connectivity index (χ2n) is 4.15. The van der Waals surface area contributed by atoms with Gasteiger partial charge in [0.15, 0.2) is 5.69 Å². The van der Waals surface area contributed by atoms with Gasteiger partial charge in [-0.2, -0.15) is 5.26 Å². The molecule has 2 rings (SSSR count). The Morgan fingerprint density at radius 1 is 1.29 bits per heavy atom. The van der Waals surface area contributed by atoms with Crippen LogP contribution in [0.5, 0.6) is 0 Å². The third-order valence-corrected chi connectivity index (χ3v) is 4.06. The van der Waals surface area contributed by atoms with Crippen LogP contribution in [0.25, 0.3) is 0 Å². The van der Waals surface area contributed by atoms with Gasteiger partial charge in [-0.15, -0.1) is 0 Å². The maximum atomic E-state index is 13.7. The van der Waals surface area contributed by atoms with Crippen LogP contribution in [0.15, 0.2) is 35.4 Å². The number of nitrogens with one attached hydrogen (secondary N) is 1. The number of benzene rings is 1. The fourth-order valence-electron chi connectivity index (χ4n) is 1.62. The number of nitrogens with zero attached hydrogens (tertiary/aromatic N) is 2. The normalized spacial score (nSPS) is 11.0. The summed E-state index contributed by atoms with van der Waals surface area (Å²) in [5.41, 5.74) is -0.821. The zero-order chi connectivity index (χ0) is 15.6. The Morgan fingerprint density at radius 2 is 2.00 bits per heavy atom. The number of anilines is 1. The smallest absolute Gasteiger partial charge is 0.264 e. The van der Waals surface area contributed by atoms with Crippen LogP contribution in [-0.4, -0.2) is 13.4 Å². The van der Waals surface area contributed by atoms with Crippen molar-refractivity contribution < 1.29 is 17.2 Å². The number of aromatic nitrogens is 1. The molecule has 21 heavy (non-hydrogen) atoms. The predicted octanol–water partition coefficient (Wildman–Crippen LogP) is 2.34. The first-order valence-electron chi connectivity index (χ1n) is 5.69. The molecule has 5 nitrogen and oxygen atoms in total. The first-order chi connectivity index (χ1) is 9.85. The summed E-state index contributed by atoms with van der Waals surface area (Å²) in [7, 11) is -4.25. The highest BCUT2D eigenvalue weighted by Crippen LogP contribution is 2.23. The summed E-state index contributed by atoms with van der Waals surface area (Å²) in [5.74, 6) is -1.67. The third kappa shape index (κ3) is 2.98. The van der Waals surface area contributed by atoms with Crippen molar-refractivity contribution in [3.05, 3.63) is 53.4 Å². The zero-order valence-electron chi connectivity index (χ0n) is 10.8. The Bertz CT molecular complexity index is 845. The number of rotatable bonds is 3. The molecule has 0 aliphatic heterocycles. The molecule has 0 unspecified atom stereocenters. The Hall–Kier alpha value is -2.53. The topological polar surface area (TPSA) is 82.8 Å². The molecule has 0 bridgehead atoms. The van der Waals surface area contributed by atoms with Gasteiger partial charge in [0.2, 0.25) is 0 Å². The molecule has 1 aromatic heterocycles. The first-order valence-corrected chi connectivity index (χ1v) is 7.17. The van der Waals surface area contributed by atoms with Gasteiger partial charge in [-0.3, -0.25) is 4.72 Å². The molecule has 0 aliphatic carbocycles. The minimum Gasteiger partial charge on any atom is -0.276 e. The van der Waals surface area contributed by atoms with Crippen LogP contribution in [0.4, 0.5) is 14.5 Å². The average Bonchev–Trinajstić information content (AvgIpc) is 2.44. The van der Waals surface area contributed by atoms with E-state index in [1.54, 1.807) is 6.07 Å². The summed E-state index contributed by atoms with van der Waals surface area (Å²) >= 11 is 0. The molecular formula is C13H9F2N3O2S. The van der Waals surface area contributed by atoms with Crippen LogP contribution in [0.2, 0.25) is 0 Å². The summed E-state index contributed by atoms with van der Waals surface area (Å²) in [6.07, 6.45) is 1.25. The van der Waals surface area contributed by atoms with Crippen LogP contribution < -0.4 is 4.72 Å². The minimum absolute atomic E-state index is 0.0505. The predicted molar refractivity (Wildman–Crippen MR) is 70.9 cm³/mol. The number of aryl methyl sites for hydroxylation is 1. The number of pyridine rings is 1. The molecular weight excluding hydrogens is 300 g/mol. The number of hydrogen-bond acceptors (Lipinski definition) is 4. The highest BCUT2D eigenvalue weighted by molar-refractivity contribution is 7.92. The minimum atomic E-state index is -4.25. The van der Waals surface area contributed by atoms with Gasteiger partial charge in [0.05, 0.1) is 5.69 Å². The third-order valence-electron chi connectivity index (χ3n) is 2.66. The van der Waals surface area contributed by atoms with E-state index in [9.17, 15) is 17.2 Å². The van der Waals surface area contributed by atoms with E-state index in [1.807, 2.05) is 4.72 Å². The van der Waals surface area contributed by atoms with Crippen LogP contribution in [0, 0.1) is 29.9 Å². The fourth-order valence-corrected chi connectivity index (χ4v) is 2.78. The molecule has 108 valence electrons. The molecule has 0 radical (unpaired) electrons. The van der Waals surface area contributed by atoms with Crippen LogP contribution in [0.1, 0.15) is 11.3 Å². The van der Waals surface area contributed by atoms with Gasteiger partial charge < -0.3 is 0 Å². The highest BCUT2D eigenvalue weighted by Gasteiger charge is 2.21. The van der Waals surface area contributed by atoms with E-state index in [-0.39, 0.29) is 11.3 Å². The van der Waals surface area contributed by atoms with E-state index in [0.717, 1.165) is 18.2 Å². The number of nitriles is 1. The van der Waals surface area contributed by atoms with Gasteiger partial charge in [-0.1, -0.05) is 0 Å². The summed E-state index contributed by atoms with van der Waals surface area (Å²) in [4.78, 5) is 3.20. The molecule has 1 heterocycles. The second-order valence-corrected chi connectivity index (χ2v) is 5.80. The quantitative estimate of drug-likeness (QED) is 0.943. The monoisotopic (exact) mass is 309 g/mol. The maximum Gasteiger partial charge on any atom is 0.264 e. The molecule has 0 aliphatic rings. The number of hydrogen-bond donors (Lipinski definition) is 1. The molecule has 1 aromatic carbocycles. The van der Waals surface area contributed by atoms with Crippen LogP contribution >= 0.6 is 0 Å². The summed E-state index contributed by atoms with van der Waals surface area (Å²) in [5, 5.41) is 8.84.